The standard InChI is InChI=1S/C20H28N4OS/c1-2-3-9-21-19(25)15-24-12-10-23(11-13-24)14-18-16-26-20(22-18)17-7-5-4-6-8-17/h4-8,16H,2-3,9-15H2,1H3,(H,21,25). The molecule has 0 atom stereocenters. The zero-order chi connectivity index (χ0) is 18.2. The highest BCUT2D eigenvalue weighted by atomic mass is 32.1. The second kappa shape index (κ2) is 9.80. The van der Waals surface area contributed by atoms with Crippen LogP contribution in [0.2, 0.25) is 0 Å². The van der Waals surface area contributed by atoms with E-state index in [9.17, 15) is 4.79 Å². The second-order valence-corrected chi connectivity index (χ2v) is 7.62. The summed E-state index contributed by atoms with van der Waals surface area (Å²) in [5.74, 6) is 0.152. The number of rotatable bonds is 8. The van der Waals surface area contributed by atoms with Gasteiger partial charge in [-0.3, -0.25) is 14.6 Å². The van der Waals surface area contributed by atoms with Crippen LogP contribution in [0.15, 0.2) is 35.7 Å². The van der Waals surface area contributed by atoms with E-state index >= 15 is 0 Å². The summed E-state index contributed by atoms with van der Waals surface area (Å²) in [5, 5.41) is 6.25. The van der Waals surface area contributed by atoms with Crippen molar-refractivity contribution < 1.29 is 4.79 Å². The highest BCUT2D eigenvalue weighted by Gasteiger charge is 2.19. The predicted molar refractivity (Wildman–Crippen MR) is 107 cm³/mol. The van der Waals surface area contributed by atoms with Gasteiger partial charge in [0.1, 0.15) is 5.01 Å². The molecule has 0 unspecified atom stereocenters. The second-order valence-electron chi connectivity index (χ2n) is 6.77. The molecule has 6 heteroatoms. The maximum absolute atomic E-state index is 11.9. The zero-order valence-corrected chi connectivity index (χ0v) is 16.3. The van der Waals surface area contributed by atoms with Gasteiger partial charge in [0.25, 0.3) is 0 Å². The van der Waals surface area contributed by atoms with Crippen LogP contribution in [0, 0.1) is 0 Å². The van der Waals surface area contributed by atoms with E-state index in [1.807, 2.05) is 18.2 Å². The van der Waals surface area contributed by atoms with Gasteiger partial charge in [-0.05, 0) is 6.42 Å². The summed E-state index contributed by atoms with van der Waals surface area (Å²) in [5.41, 5.74) is 2.32. The first-order valence-electron chi connectivity index (χ1n) is 9.46. The van der Waals surface area contributed by atoms with Gasteiger partial charge in [-0.15, -0.1) is 11.3 Å². The Morgan fingerprint density at radius 2 is 1.88 bits per heavy atom. The van der Waals surface area contributed by atoms with Crippen LogP contribution in [0.5, 0.6) is 0 Å². The molecule has 0 spiro atoms. The number of hydrogen-bond donors (Lipinski definition) is 1. The summed E-state index contributed by atoms with van der Waals surface area (Å²) in [6.07, 6.45) is 2.17. The molecule has 0 radical (unpaired) electrons. The minimum atomic E-state index is 0.152. The fourth-order valence-corrected chi connectivity index (χ4v) is 3.91. The first-order valence-corrected chi connectivity index (χ1v) is 10.3. The van der Waals surface area contributed by atoms with E-state index in [1.54, 1.807) is 11.3 Å². The minimum absolute atomic E-state index is 0.152. The van der Waals surface area contributed by atoms with Crippen molar-refractivity contribution in [3.05, 3.63) is 41.4 Å². The molecule has 2 heterocycles. The van der Waals surface area contributed by atoms with Crippen LogP contribution in [0.4, 0.5) is 0 Å². The molecule has 0 saturated carbocycles. The Morgan fingerprint density at radius 3 is 2.62 bits per heavy atom. The average Bonchev–Trinajstić information content (AvgIpc) is 3.13. The summed E-state index contributed by atoms with van der Waals surface area (Å²) in [7, 11) is 0. The number of aromatic nitrogens is 1. The number of unbranched alkanes of at least 4 members (excludes halogenated alkanes) is 1. The molecule has 1 saturated heterocycles. The Balaban J connectivity index is 1.42. The number of thiazole rings is 1. The lowest BCUT2D eigenvalue weighted by molar-refractivity contribution is -0.122. The molecule has 1 aromatic heterocycles. The van der Waals surface area contributed by atoms with Crippen LogP contribution in [0.1, 0.15) is 25.5 Å². The van der Waals surface area contributed by atoms with Gasteiger partial charge in [-0.1, -0.05) is 43.7 Å². The molecule has 3 rings (SSSR count). The van der Waals surface area contributed by atoms with E-state index in [0.717, 1.165) is 62.8 Å². The Hall–Kier alpha value is -1.76. The fourth-order valence-electron chi connectivity index (χ4n) is 3.09. The van der Waals surface area contributed by atoms with E-state index in [4.69, 9.17) is 4.98 Å². The Bertz CT molecular complexity index is 680. The molecule has 1 aliphatic rings. The van der Waals surface area contributed by atoms with E-state index < -0.39 is 0 Å². The molecular weight excluding hydrogens is 344 g/mol. The molecule has 2 aromatic rings. The Labute approximate surface area is 160 Å². The highest BCUT2D eigenvalue weighted by Crippen LogP contribution is 2.24. The van der Waals surface area contributed by atoms with Crippen molar-refractivity contribution in [2.45, 2.75) is 26.3 Å². The number of carbonyl (C=O) groups excluding carboxylic acids is 1. The molecule has 1 aromatic carbocycles. The molecule has 1 N–H and O–H groups in total. The van der Waals surface area contributed by atoms with E-state index in [1.165, 1.54) is 5.56 Å². The van der Waals surface area contributed by atoms with Gasteiger partial charge in [-0.2, -0.15) is 0 Å². The van der Waals surface area contributed by atoms with E-state index in [2.05, 4.69) is 39.6 Å². The third-order valence-electron chi connectivity index (χ3n) is 4.64. The lowest BCUT2D eigenvalue weighted by Crippen LogP contribution is -2.49. The lowest BCUT2D eigenvalue weighted by atomic mass is 10.2. The first-order chi connectivity index (χ1) is 12.7. The van der Waals surface area contributed by atoms with Crippen LogP contribution < -0.4 is 5.32 Å². The topological polar surface area (TPSA) is 48.5 Å². The first kappa shape index (κ1) is 19.0. The summed E-state index contributed by atoms with van der Waals surface area (Å²) in [4.78, 5) is 21.4. The van der Waals surface area contributed by atoms with Gasteiger partial charge < -0.3 is 5.32 Å². The molecule has 1 amide bonds. The summed E-state index contributed by atoms with van der Waals surface area (Å²) >= 11 is 1.71. The average molecular weight is 373 g/mol. The zero-order valence-electron chi connectivity index (χ0n) is 15.5. The number of hydrogen-bond acceptors (Lipinski definition) is 5. The molecule has 1 fully saturated rings. The van der Waals surface area contributed by atoms with Crippen molar-refractivity contribution in [3.8, 4) is 10.6 Å². The minimum Gasteiger partial charge on any atom is -0.355 e. The predicted octanol–water partition coefficient (Wildman–Crippen LogP) is 2.84. The number of nitrogens with one attached hydrogen (secondary N) is 1. The molecule has 1 aliphatic heterocycles. The van der Waals surface area contributed by atoms with Gasteiger partial charge in [0.15, 0.2) is 0 Å². The van der Waals surface area contributed by atoms with Crippen molar-refractivity contribution in [3.63, 3.8) is 0 Å². The molecule has 0 aliphatic carbocycles. The maximum Gasteiger partial charge on any atom is 0.234 e. The molecular formula is C20H28N4OS. The van der Waals surface area contributed by atoms with Gasteiger partial charge >= 0.3 is 0 Å². The fraction of sp³-hybridized carbons (Fsp3) is 0.500. The van der Waals surface area contributed by atoms with Crippen molar-refractivity contribution in [1.82, 2.24) is 20.1 Å². The largest absolute Gasteiger partial charge is 0.355 e. The Morgan fingerprint density at radius 1 is 1.15 bits per heavy atom. The van der Waals surface area contributed by atoms with Crippen LogP contribution in [-0.4, -0.2) is 60.0 Å². The number of nitrogens with zero attached hydrogens (tertiary/aromatic N) is 3. The van der Waals surface area contributed by atoms with Crippen LogP contribution in [-0.2, 0) is 11.3 Å². The number of piperazine rings is 1. The van der Waals surface area contributed by atoms with Crippen molar-refractivity contribution in [2.75, 3.05) is 39.3 Å². The van der Waals surface area contributed by atoms with Gasteiger partial charge in [0.05, 0.1) is 12.2 Å². The smallest absolute Gasteiger partial charge is 0.234 e. The van der Waals surface area contributed by atoms with Crippen LogP contribution in [0.25, 0.3) is 10.6 Å². The number of benzene rings is 1. The van der Waals surface area contributed by atoms with Crippen LogP contribution in [0.3, 0.4) is 0 Å². The third kappa shape index (κ3) is 5.62. The van der Waals surface area contributed by atoms with E-state index in [0.29, 0.717) is 6.54 Å². The molecule has 140 valence electrons. The maximum atomic E-state index is 11.9. The van der Waals surface area contributed by atoms with Crippen molar-refractivity contribution >= 4 is 17.2 Å². The molecule has 26 heavy (non-hydrogen) atoms. The quantitative estimate of drug-likeness (QED) is 0.724. The summed E-state index contributed by atoms with van der Waals surface area (Å²) in [6.45, 7) is 8.19. The monoisotopic (exact) mass is 372 g/mol. The summed E-state index contributed by atoms with van der Waals surface area (Å²) < 4.78 is 0. The lowest BCUT2D eigenvalue weighted by Gasteiger charge is -2.33. The van der Waals surface area contributed by atoms with Crippen molar-refractivity contribution in [1.29, 1.82) is 0 Å². The molecule has 5 nitrogen and oxygen atoms in total. The van der Waals surface area contributed by atoms with E-state index in [-0.39, 0.29) is 5.91 Å². The highest BCUT2D eigenvalue weighted by molar-refractivity contribution is 7.13. The third-order valence-corrected chi connectivity index (χ3v) is 5.58. The number of amides is 1. The van der Waals surface area contributed by atoms with Gasteiger partial charge in [0.2, 0.25) is 5.91 Å². The summed E-state index contributed by atoms with van der Waals surface area (Å²) in [6, 6.07) is 10.3. The normalized spacial score (nSPS) is 15.9. The SMILES string of the molecule is CCCCNC(=O)CN1CCN(Cc2csc(-c3ccccc3)n2)CC1. The number of carbonyl (C=O) groups is 1. The van der Waals surface area contributed by atoms with Crippen molar-refractivity contribution in [2.24, 2.45) is 0 Å². The van der Waals surface area contributed by atoms with Crippen LogP contribution >= 0.6 is 11.3 Å². The van der Waals surface area contributed by atoms with Gasteiger partial charge in [-0.25, -0.2) is 4.98 Å². The van der Waals surface area contributed by atoms with Gasteiger partial charge in [0, 0.05) is 50.2 Å². The molecule has 0 bridgehead atoms. The Kier molecular flexibility index (Phi) is 7.17.